The first-order valence-electron chi connectivity index (χ1n) is 10.4. The average molecular weight is 459 g/mol. The van der Waals surface area contributed by atoms with Gasteiger partial charge < -0.3 is 15.2 Å². The fourth-order valence-corrected chi connectivity index (χ4v) is 4.14. The van der Waals surface area contributed by atoms with Crippen LogP contribution in [-0.2, 0) is 0 Å². The molecule has 2 aliphatic heterocycles. The van der Waals surface area contributed by atoms with Gasteiger partial charge in [0.2, 0.25) is 0 Å². The molecule has 2 atom stereocenters. The van der Waals surface area contributed by atoms with Gasteiger partial charge in [0, 0.05) is 24.7 Å². The predicted octanol–water partition coefficient (Wildman–Crippen LogP) is 3.27. The van der Waals surface area contributed by atoms with Crippen molar-refractivity contribution in [1.29, 1.82) is 0 Å². The van der Waals surface area contributed by atoms with Crippen LogP contribution >= 0.6 is 0 Å². The Hall–Kier alpha value is -3.83. The van der Waals surface area contributed by atoms with E-state index in [2.05, 4.69) is 20.3 Å². The fourth-order valence-electron chi connectivity index (χ4n) is 4.14. The Morgan fingerprint density at radius 1 is 1.27 bits per heavy atom. The number of aromatic amines is 1. The van der Waals surface area contributed by atoms with Crippen molar-refractivity contribution in [2.45, 2.75) is 31.6 Å². The molecule has 2 bridgehead atoms. The summed E-state index contributed by atoms with van der Waals surface area (Å²) in [5.74, 6) is -0.381. The molecule has 3 amide bonds. The molecule has 3 aromatic rings. The van der Waals surface area contributed by atoms with Gasteiger partial charge in [-0.15, -0.1) is 0 Å². The number of rotatable bonds is 3. The summed E-state index contributed by atoms with van der Waals surface area (Å²) in [4.78, 5) is 40.7. The highest BCUT2D eigenvalue weighted by molar-refractivity contribution is 6.05. The summed E-state index contributed by atoms with van der Waals surface area (Å²) in [6.07, 6.45) is -0.508. The van der Waals surface area contributed by atoms with Crippen LogP contribution in [0.2, 0.25) is 0 Å². The van der Waals surface area contributed by atoms with Crippen molar-refractivity contribution in [1.82, 2.24) is 20.3 Å². The number of H-pyrrole nitrogens is 1. The molecule has 12 heteroatoms. The van der Waals surface area contributed by atoms with E-state index in [1.54, 1.807) is 24.5 Å². The molecule has 1 saturated heterocycles. The topological polar surface area (TPSA) is 106 Å². The monoisotopic (exact) mass is 459 g/mol. The highest BCUT2D eigenvalue weighted by atomic mass is 19.4. The molecular formula is C21H20F3N7O2. The van der Waals surface area contributed by atoms with Crippen LogP contribution in [0.15, 0.2) is 36.7 Å². The number of hydrogen-bond acceptors (Lipinski definition) is 5. The number of aromatic nitrogens is 3. The number of amides is 3. The molecule has 0 aliphatic carbocycles. The van der Waals surface area contributed by atoms with Crippen molar-refractivity contribution in [3.63, 3.8) is 0 Å². The quantitative estimate of drug-likeness (QED) is 0.558. The van der Waals surface area contributed by atoms with Gasteiger partial charge in [0.05, 0.1) is 23.4 Å². The second-order valence-electron chi connectivity index (χ2n) is 8.10. The van der Waals surface area contributed by atoms with Crippen LogP contribution in [0.5, 0.6) is 0 Å². The molecule has 3 N–H and O–H groups in total. The lowest BCUT2D eigenvalue weighted by Crippen LogP contribution is -2.49. The molecular weight excluding hydrogens is 439 g/mol. The molecule has 2 aliphatic rings. The minimum atomic E-state index is -4.58. The van der Waals surface area contributed by atoms with Crippen molar-refractivity contribution < 1.29 is 22.8 Å². The third kappa shape index (κ3) is 3.81. The number of hydrogen-bond donors (Lipinski definition) is 3. The second kappa shape index (κ2) is 7.64. The van der Waals surface area contributed by atoms with Crippen molar-refractivity contribution in [2.24, 2.45) is 0 Å². The third-order valence-corrected chi connectivity index (χ3v) is 5.91. The minimum absolute atomic E-state index is 0.187. The van der Waals surface area contributed by atoms with Gasteiger partial charge in [0.1, 0.15) is 17.6 Å². The molecule has 9 nitrogen and oxygen atoms in total. The summed E-state index contributed by atoms with van der Waals surface area (Å²) in [5, 5.41) is 5.56. The maximum absolute atomic E-state index is 13.2. The summed E-state index contributed by atoms with van der Waals surface area (Å²) in [7, 11) is 0. The fraction of sp³-hybridized carbons (Fsp3) is 0.333. The highest BCUT2D eigenvalue weighted by Gasteiger charge is 2.41. The summed E-state index contributed by atoms with van der Waals surface area (Å²) in [6, 6.07) is 3.87. The predicted molar refractivity (Wildman–Crippen MR) is 115 cm³/mol. The SMILES string of the molecule is C[C@@H](NC(=O)c1ccc2c(n1)N(C(=O)Nc1cc3cc[nH]c3cn1)C1CCN2C1)C(F)(F)F. The van der Waals surface area contributed by atoms with E-state index in [9.17, 15) is 22.8 Å². The number of urea groups is 1. The molecule has 5 rings (SSSR count). The molecule has 0 spiro atoms. The molecule has 0 aromatic carbocycles. The van der Waals surface area contributed by atoms with Gasteiger partial charge in [-0.3, -0.25) is 15.0 Å². The van der Waals surface area contributed by atoms with Crippen molar-refractivity contribution in [3.8, 4) is 0 Å². The zero-order valence-electron chi connectivity index (χ0n) is 17.5. The van der Waals surface area contributed by atoms with E-state index in [0.29, 0.717) is 31.0 Å². The number of nitrogens with zero attached hydrogens (tertiary/aromatic N) is 4. The summed E-state index contributed by atoms with van der Waals surface area (Å²) in [5.41, 5.74) is 1.28. The zero-order valence-corrected chi connectivity index (χ0v) is 17.5. The zero-order chi connectivity index (χ0) is 23.3. The number of alkyl halides is 3. The molecule has 172 valence electrons. The average Bonchev–Trinajstić information content (AvgIpc) is 3.40. The van der Waals surface area contributed by atoms with Gasteiger partial charge in [0.15, 0.2) is 5.82 Å². The first kappa shape index (κ1) is 21.0. The van der Waals surface area contributed by atoms with Crippen LogP contribution in [0.4, 0.5) is 35.3 Å². The molecule has 33 heavy (non-hydrogen) atoms. The van der Waals surface area contributed by atoms with Crippen LogP contribution in [-0.4, -0.2) is 58.2 Å². The van der Waals surface area contributed by atoms with E-state index >= 15 is 0 Å². The Morgan fingerprint density at radius 3 is 2.88 bits per heavy atom. The molecule has 1 fully saturated rings. The normalized spacial score (nSPS) is 18.2. The Labute approximate surface area is 186 Å². The van der Waals surface area contributed by atoms with E-state index in [0.717, 1.165) is 17.8 Å². The van der Waals surface area contributed by atoms with Crippen molar-refractivity contribution in [2.75, 3.05) is 28.2 Å². The van der Waals surface area contributed by atoms with Crippen LogP contribution in [0.25, 0.3) is 10.9 Å². The molecule has 0 radical (unpaired) electrons. The standard InChI is InChI=1S/C21H20F3N7O2/c1-11(21(22,23)24)27-19(32)14-2-3-16-18(28-14)31(13-5-7-30(16)10-13)20(33)29-17-8-12-4-6-25-15(12)9-26-17/h2-4,6,8-9,11,13,25H,5,7,10H2,1H3,(H,27,32)(H,26,29,33)/t11-,13?/m1/s1. The summed E-state index contributed by atoms with van der Waals surface area (Å²) < 4.78 is 38.6. The van der Waals surface area contributed by atoms with Crippen LogP contribution < -0.4 is 20.4 Å². The number of carbonyl (C=O) groups excluding carboxylic acids is 2. The van der Waals surface area contributed by atoms with E-state index in [4.69, 9.17) is 0 Å². The lowest BCUT2D eigenvalue weighted by atomic mass is 10.1. The highest BCUT2D eigenvalue weighted by Crippen LogP contribution is 2.39. The first-order chi connectivity index (χ1) is 15.7. The Kier molecular flexibility index (Phi) is 4.87. The van der Waals surface area contributed by atoms with Gasteiger partial charge in [-0.2, -0.15) is 13.2 Å². The summed E-state index contributed by atoms with van der Waals surface area (Å²) >= 11 is 0. The largest absolute Gasteiger partial charge is 0.408 e. The van der Waals surface area contributed by atoms with Crippen LogP contribution in [0.1, 0.15) is 23.8 Å². The maximum Gasteiger partial charge on any atom is 0.408 e. The van der Waals surface area contributed by atoms with Crippen molar-refractivity contribution >= 4 is 40.2 Å². The van der Waals surface area contributed by atoms with Gasteiger partial charge >= 0.3 is 12.2 Å². The number of pyridine rings is 2. The van der Waals surface area contributed by atoms with Gasteiger partial charge in [-0.1, -0.05) is 0 Å². The van der Waals surface area contributed by atoms with Gasteiger partial charge in [-0.05, 0) is 37.6 Å². The smallest absolute Gasteiger partial charge is 0.366 e. The molecule has 5 heterocycles. The van der Waals surface area contributed by atoms with Crippen molar-refractivity contribution in [3.05, 3.63) is 42.4 Å². The number of nitrogens with one attached hydrogen (secondary N) is 3. The number of halogens is 3. The molecule has 1 unspecified atom stereocenters. The number of carbonyl (C=O) groups is 2. The van der Waals surface area contributed by atoms with Crippen LogP contribution in [0, 0.1) is 0 Å². The minimum Gasteiger partial charge on any atom is -0.366 e. The van der Waals surface area contributed by atoms with Gasteiger partial charge in [-0.25, -0.2) is 14.8 Å². The number of fused-ring (bicyclic) bond motifs is 5. The van der Waals surface area contributed by atoms with E-state index in [1.165, 1.54) is 11.0 Å². The third-order valence-electron chi connectivity index (χ3n) is 5.91. The molecule has 0 saturated carbocycles. The van der Waals surface area contributed by atoms with E-state index < -0.39 is 24.2 Å². The van der Waals surface area contributed by atoms with E-state index in [-0.39, 0.29) is 17.6 Å². The maximum atomic E-state index is 13.2. The van der Waals surface area contributed by atoms with Crippen LogP contribution in [0.3, 0.4) is 0 Å². The number of anilines is 3. The first-order valence-corrected chi connectivity index (χ1v) is 10.4. The molecule has 3 aromatic heterocycles. The Balaban J connectivity index is 1.43. The second-order valence-corrected chi connectivity index (χ2v) is 8.10. The Morgan fingerprint density at radius 2 is 2.09 bits per heavy atom. The Bertz CT molecular complexity index is 1240. The lowest BCUT2D eigenvalue weighted by Gasteiger charge is -2.35. The van der Waals surface area contributed by atoms with E-state index in [1.807, 2.05) is 16.3 Å². The lowest BCUT2D eigenvalue weighted by molar-refractivity contribution is -0.149. The summed E-state index contributed by atoms with van der Waals surface area (Å²) in [6.45, 7) is 2.16. The van der Waals surface area contributed by atoms with Gasteiger partial charge in [0.25, 0.3) is 5.91 Å².